The Balaban J connectivity index is 2.11. The minimum atomic E-state index is -0.699. The van der Waals surface area contributed by atoms with Gasteiger partial charge >= 0.3 is 0 Å². The van der Waals surface area contributed by atoms with E-state index in [0.717, 1.165) is 30.1 Å². The number of hydrogen-bond donors (Lipinski definition) is 1. The lowest BCUT2D eigenvalue weighted by molar-refractivity contribution is -0.117. The molecule has 2 unspecified atom stereocenters. The van der Waals surface area contributed by atoms with Crippen LogP contribution in [0.15, 0.2) is 46.8 Å². The van der Waals surface area contributed by atoms with Crippen molar-refractivity contribution in [3.05, 3.63) is 46.8 Å². The number of carbonyl (C=O) groups is 2. The fraction of sp³-hybridized carbons (Fsp3) is 0.188. The molecule has 1 N–H and O–H groups in total. The summed E-state index contributed by atoms with van der Waals surface area (Å²) in [7, 11) is 0. The van der Waals surface area contributed by atoms with Crippen LogP contribution in [-0.2, 0) is 9.59 Å². The van der Waals surface area contributed by atoms with Gasteiger partial charge in [-0.3, -0.25) is 9.59 Å². The van der Waals surface area contributed by atoms with Crippen molar-refractivity contribution in [2.45, 2.75) is 26.7 Å². The van der Waals surface area contributed by atoms with Crippen molar-refractivity contribution < 1.29 is 14.7 Å². The molecule has 0 spiro atoms. The maximum absolute atomic E-state index is 12.8. The van der Waals surface area contributed by atoms with Crippen molar-refractivity contribution in [3.63, 3.8) is 0 Å². The standard InChI is InChI=1S/C32H18O3/c1-5-6-7-8-9-10-11-12-13-14-15-16-17-18-19-26-23-29(33)30(32(35)31(26)34)28-22-25(4)20-21-27(28)24(2)3/h1,22-23,27-28,35H,2,20-21H2,3-4H3. The molecule has 0 heterocycles. The Hall–Kier alpha value is -5.42. The number of ketones is 2. The monoisotopic (exact) mass is 450 g/mol. The topological polar surface area (TPSA) is 54.4 Å². The van der Waals surface area contributed by atoms with E-state index >= 15 is 0 Å². The molecular formula is C32H18O3. The molecule has 0 aliphatic heterocycles. The molecule has 0 amide bonds. The molecular weight excluding hydrogens is 432 g/mol. The molecule has 0 aromatic rings. The van der Waals surface area contributed by atoms with Gasteiger partial charge < -0.3 is 5.11 Å². The van der Waals surface area contributed by atoms with Crippen molar-refractivity contribution in [1.29, 1.82) is 0 Å². The van der Waals surface area contributed by atoms with Crippen LogP contribution in [0.4, 0.5) is 0 Å². The molecule has 0 aromatic heterocycles. The lowest BCUT2D eigenvalue weighted by Gasteiger charge is -2.32. The Labute approximate surface area is 206 Å². The molecule has 35 heavy (non-hydrogen) atoms. The summed E-state index contributed by atoms with van der Waals surface area (Å²) in [4.78, 5) is 25.4. The highest BCUT2D eigenvalue weighted by molar-refractivity contribution is 6.23. The highest BCUT2D eigenvalue weighted by atomic mass is 16.3. The van der Waals surface area contributed by atoms with E-state index in [4.69, 9.17) is 6.42 Å². The summed E-state index contributed by atoms with van der Waals surface area (Å²) in [6, 6.07) is 0. The molecule has 0 saturated heterocycles. The van der Waals surface area contributed by atoms with Gasteiger partial charge in [-0.1, -0.05) is 23.8 Å². The first-order chi connectivity index (χ1) is 16.9. The normalized spacial score (nSPS) is 17.3. The summed E-state index contributed by atoms with van der Waals surface area (Å²) in [5, 5.41) is 10.6. The van der Waals surface area contributed by atoms with Crippen molar-refractivity contribution >= 4 is 11.6 Å². The van der Waals surface area contributed by atoms with Crippen LogP contribution in [-0.4, -0.2) is 16.7 Å². The van der Waals surface area contributed by atoms with Crippen LogP contribution in [0, 0.1) is 107 Å². The lowest BCUT2D eigenvalue weighted by Crippen LogP contribution is -2.29. The third-order valence-electron chi connectivity index (χ3n) is 4.99. The second-order valence-electron chi connectivity index (χ2n) is 7.44. The number of terminal acetylenes is 1. The second-order valence-corrected chi connectivity index (χ2v) is 7.44. The Kier molecular flexibility index (Phi) is 9.75. The first-order valence-corrected chi connectivity index (χ1v) is 10.4. The van der Waals surface area contributed by atoms with Crippen LogP contribution in [0.5, 0.6) is 0 Å². The number of rotatable bonds is 2. The zero-order valence-corrected chi connectivity index (χ0v) is 19.3. The van der Waals surface area contributed by atoms with Crippen LogP contribution in [0.3, 0.4) is 0 Å². The third-order valence-corrected chi connectivity index (χ3v) is 4.99. The number of allylic oxidation sites excluding steroid dienone is 6. The minimum Gasteiger partial charge on any atom is -0.504 e. The van der Waals surface area contributed by atoms with E-state index in [-0.39, 0.29) is 17.1 Å². The number of aliphatic hydroxyl groups excluding tert-OH is 1. The van der Waals surface area contributed by atoms with Crippen molar-refractivity contribution in [3.8, 4) is 95.2 Å². The van der Waals surface area contributed by atoms with Crippen molar-refractivity contribution in [2.75, 3.05) is 0 Å². The molecule has 0 radical (unpaired) electrons. The maximum atomic E-state index is 12.8. The van der Waals surface area contributed by atoms with Gasteiger partial charge in [0.15, 0.2) is 11.5 Å². The zero-order valence-electron chi connectivity index (χ0n) is 19.3. The Morgan fingerprint density at radius 2 is 1.46 bits per heavy atom. The summed E-state index contributed by atoms with van der Waals surface area (Å²) in [5.74, 6) is 34.3. The summed E-state index contributed by atoms with van der Waals surface area (Å²) in [6.45, 7) is 7.87. The molecule has 0 bridgehead atoms. The molecule has 2 atom stereocenters. The van der Waals surface area contributed by atoms with E-state index < -0.39 is 23.2 Å². The van der Waals surface area contributed by atoms with Gasteiger partial charge in [0.1, 0.15) is 0 Å². The largest absolute Gasteiger partial charge is 0.504 e. The van der Waals surface area contributed by atoms with Gasteiger partial charge in [0.05, 0.1) is 11.1 Å². The van der Waals surface area contributed by atoms with E-state index in [2.05, 4.69) is 95.4 Å². The van der Waals surface area contributed by atoms with E-state index in [1.807, 2.05) is 19.9 Å². The number of hydrogen-bond acceptors (Lipinski definition) is 3. The molecule has 2 rings (SSSR count). The van der Waals surface area contributed by atoms with E-state index in [1.165, 1.54) is 0 Å². The SMILES string of the molecule is C#CC#CC#CC#CC#CC#CC#CC#CC1=CC(=O)C(C2C=C(C)CCC2C(=C)C)=C(O)C1=O. The molecule has 2 aliphatic rings. The number of carbonyl (C=O) groups excluding carboxylic acids is 2. The Bertz CT molecular complexity index is 1560. The first kappa shape index (κ1) is 25.8. The number of aliphatic hydroxyl groups is 1. The molecule has 0 aromatic carbocycles. The Morgan fingerprint density at radius 1 is 0.943 bits per heavy atom. The maximum Gasteiger partial charge on any atom is 0.236 e. The van der Waals surface area contributed by atoms with E-state index in [9.17, 15) is 14.7 Å². The van der Waals surface area contributed by atoms with Gasteiger partial charge in [-0.2, -0.15) is 0 Å². The first-order valence-electron chi connectivity index (χ1n) is 10.4. The van der Waals surface area contributed by atoms with Gasteiger partial charge in [-0.25, -0.2) is 0 Å². The predicted octanol–water partition coefficient (Wildman–Crippen LogP) is 3.08. The van der Waals surface area contributed by atoms with E-state index in [1.54, 1.807) is 0 Å². The van der Waals surface area contributed by atoms with E-state index in [0.29, 0.717) is 0 Å². The molecule has 3 nitrogen and oxygen atoms in total. The van der Waals surface area contributed by atoms with Gasteiger partial charge in [-0.05, 0) is 121 Å². The molecule has 3 heteroatoms. The van der Waals surface area contributed by atoms with Crippen LogP contribution in [0.1, 0.15) is 26.7 Å². The smallest absolute Gasteiger partial charge is 0.236 e. The lowest BCUT2D eigenvalue weighted by atomic mass is 9.71. The highest BCUT2D eigenvalue weighted by Gasteiger charge is 2.37. The average molecular weight is 450 g/mol. The fourth-order valence-electron chi connectivity index (χ4n) is 3.44. The molecule has 2 aliphatic carbocycles. The summed E-state index contributed by atoms with van der Waals surface area (Å²) < 4.78 is 0. The minimum absolute atomic E-state index is 0.0201. The molecule has 0 saturated carbocycles. The van der Waals surface area contributed by atoms with Crippen LogP contribution < -0.4 is 0 Å². The summed E-state index contributed by atoms with van der Waals surface area (Å²) in [6.07, 6.45) is 9.71. The Morgan fingerprint density at radius 3 is 1.97 bits per heavy atom. The van der Waals surface area contributed by atoms with Gasteiger partial charge in [0.2, 0.25) is 5.78 Å². The highest BCUT2D eigenvalue weighted by Crippen LogP contribution is 2.39. The fourth-order valence-corrected chi connectivity index (χ4v) is 3.44. The molecule has 0 fully saturated rings. The summed E-state index contributed by atoms with van der Waals surface area (Å²) in [5.41, 5.74) is 1.99. The van der Waals surface area contributed by atoms with Crippen LogP contribution in [0.2, 0.25) is 0 Å². The van der Waals surface area contributed by atoms with Crippen LogP contribution >= 0.6 is 0 Å². The van der Waals surface area contributed by atoms with Crippen molar-refractivity contribution in [2.24, 2.45) is 11.8 Å². The van der Waals surface area contributed by atoms with Crippen molar-refractivity contribution in [1.82, 2.24) is 0 Å². The van der Waals surface area contributed by atoms with Gasteiger partial charge in [0.25, 0.3) is 0 Å². The zero-order chi connectivity index (χ0) is 25.6. The van der Waals surface area contributed by atoms with Crippen LogP contribution in [0.25, 0.3) is 0 Å². The second kappa shape index (κ2) is 13.2. The quantitative estimate of drug-likeness (QED) is 0.400. The number of Topliss-reactive ketones (excluding diaryl/α,β-unsaturated/α-hetero) is 1. The average Bonchev–Trinajstić information content (AvgIpc) is 2.82. The predicted molar refractivity (Wildman–Crippen MR) is 136 cm³/mol. The van der Waals surface area contributed by atoms with Gasteiger partial charge in [-0.15, -0.1) is 6.42 Å². The van der Waals surface area contributed by atoms with Gasteiger partial charge in [0, 0.05) is 12.0 Å². The molecule has 164 valence electrons. The third kappa shape index (κ3) is 7.59. The summed E-state index contributed by atoms with van der Waals surface area (Å²) >= 11 is 0.